The molecule has 7 nitrogen and oxygen atoms in total. The van der Waals surface area contributed by atoms with Crippen molar-refractivity contribution >= 4 is 11.9 Å². The fourth-order valence-corrected chi connectivity index (χ4v) is 4.67. The van der Waals surface area contributed by atoms with E-state index >= 15 is 0 Å². The van der Waals surface area contributed by atoms with Gasteiger partial charge in [0.05, 0.1) is 18.6 Å². The lowest BCUT2D eigenvalue weighted by molar-refractivity contribution is -0.141. The molecule has 0 radical (unpaired) electrons. The summed E-state index contributed by atoms with van der Waals surface area (Å²) in [7, 11) is 0. The van der Waals surface area contributed by atoms with Crippen LogP contribution in [0.15, 0.2) is 91.5 Å². The Morgan fingerprint density at radius 3 is 2.31 bits per heavy atom. The Kier molecular flexibility index (Phi) is 6.16. The number of hydrogen-bond donors (Lipinski definition) is 3. The van der Waals surface area contributed by atoms with Crippen LogP contribution in [-0.2, 0) is 16.0 Å². The molecule has 0 spiro atoms. The SMILES string of the molecule is O=C(O)CC(C(=O)NC1c2ccccc2CC1O)n1ccc(-c2ccc(-c3ccncc3)cc2)c1. The molecule has 0 saturated heterocycles. The third kappa shape index (κ3) is 4.72. The number of aliphatic hydroxyl groups is 1. The van der Waals surface area contributed by atoms with Crippen LogP contribution in [0.2, 0.25) is 0 Å². The minimum absolute atomic E-state index is 0.370. The van der Waals surface area contributed by atoms with Gasteiger partial charge < -0.3 is 20.1 Å². The summed E-state index contributed by atoms with van der Waals surface area (Å²) in [6.07, 6.45) is 6.34. The summed E-state index contributed by atoms with van der Waals surface area (Å²) in [5, 5.41) is 22.9. The number of carbonyl (C=O) groups is 2. The van der Waals surface area contributed by atoms with E-state index in [-0.39, 0.29) is 6.42 Å². The van der Waals surface area contributed by atoms with Gasteiger partial charge in [-0.1, -0.05) is 48.5 Å². The molecule has 3 N–H and O–H groups in total. The van der Waals surface area contributed by atoms with Crippen molar-refractivity contribution < 1.29 is 19.8 Å². The third-order valence-corrected chi connectivity index (χ3v) is 6.48. The zero-order chi connectivity index (χ0) is 24.4. The van der Waals surface area contributed by atoms with Gasteiger partial charge >= 0.3 is 5.97 Å². The molecule has 1 aliphatic rings. The van der Waals surface area contributed by atoms with Crippen molar-refractivity contribution in [2.45, 2.75) is 31.0 Å². The van der Waals surface area contributed by atoms with Gasteiger partial charge in [-0.2, -0.15) is 0 Å². The number of fused-ring (bicyclic) bond motifs is 1. The van der Waals surface area contributed by atoms with Gasteiger partial charge in [0.25, 0.3) is 0 Å². The fourth-order valence-electron chi connectivity index (χ4n) is 4.67. The molecule has 1 amide bonds. The van der Waals surface area contributed by atoms with Crippen LogP contribution in [0.25, 0.3) is 22.3 Å². The average molecular weight is 468 g/mol. The van der Waals surface area contributed by atoms with Gasteiger partial charge in [-0.05, 0) is 51.6 Å². The summed E-state index contributed by atoms with van der Waals surface area (Å²) in [4.78, 5) is 28.9. The Labute approximate surface area is 202 Å². The number of pyridine rings is 1. The summed E-state index contributed by atoms with van der Waals surface area (Å²) in [6.45, 7) is 0. The minimum atomic E-state index is -1.07. The van der Waals surface area contributed by atoms with E-state index in [2.05, 4.69) is 10.3 Å². The molecular formula is C28H25N3O4. The van der Waals surface area contributed by atoms with Gasteiger partial charge in [0.15, 0.2) is 0 Å². The first-order valence-electron chi connectivity index (χ1n) is 11.5. The number of aliphatic hydroxyl groups excluding tert-OH is 1. The second-order valence-corrected chi connectivity index (χ2v) is 8.73. The zero-order valence-corrected chi connectivity index (χ0v) is 18.9. The highest BCUT2D eigenvalue weighted by Crippen LogP contribution is 2.32. The fraction of sp³-hybridized carbons (Fsp3) is 0.179. The number of rotatable bonds is 7. The molecule has 2 aromatic heterocycles. The lowest BCUT2D eigenvalue weighted by atomic mass is 10.0. The second kappa shape index (κ2) is 9.56. The quantitative estimate of drug-likeness (QED) is 0.381. The van der Waals surface area contributed by atoms with Crippen LogP contribution >= 0.6 is 0 Å². The highest BCUT2D eigenvalue weighted by atomic mass is 16.4. The van der Waals surface area contributed by atoms with Crippen molar-refractivity contribution in [2.24, 2.45) is 0 Å². The van der Waals surface area contributed by atoms with Gasteiger partial charge in [0.1, 0.15) is 6.04 Å². The number of nitrogens with zero attached hydrogens (tertiary/aromatic N) is 2. The highest BCUT2D eigenvalue weighted by Gasteiger charge is 2.34. The molecule has 176 valence electrons. The van der Waals surface area contributed by atoms with Crippen LogP contribution in [0.5, 0.6) is 0 Å². The third-order valence-electron chi connectivity index (χ3n) is 6.48. The van der Waals surface area contributed by atoms with E-state index in [1.807, 2.05) is 66.7 Å². The minimum Gasteiger partial charge on any atom is -0.481 e. The van der Waals surface area contributed by atoms with Crippen molar-refractivity contribution in [3.63, 3.8) is 0 Å². The molecule has 0 aliphatic heterocycles. The van der Waals surface area contributed by atoms with E-state index in [1.54, 1.807) is 29.4 Å². The Balaban J connectivity index is 1.37. The molecule has 2 heterocycles. The van der Waals surface area contributed by atoms with Crippen LogP contribution in [0.4, 0.5) is 0 Å². The van der Waals surface area contributed by atoms with Crippen LogP contribution in [0.1, 0.15) is 29.6 Å². The summed E-state index contributed by atoms with van der Waals surface area (Å²) >= 11 is 0. The maximum absolute atomic E-state index is 13.2. The number of nitrogens with one attached hydrogen (secondary N) is 1. The van der Waals surface area contributed by atoms with Crippen molar-refractivity contribution in [1.82, 2.24) is 14.9 Å². The molecule has 0 saturated carbocycles. The summed E-state index contributed by atoms with van der Waals surface area (Å²) in [5.41, 5.74) is 5.81. The first-order valence-corrected chi connectivity index (χ1v) is 11.5. The van der Waals surface area contributed by atoms with Gasteiger partial charge in [-0.25, -0.2) is 0 Å². The second-order valence-electron chi connectivity index (χ2n) is 8.73. The normalized spacial score (nSPS) is 17.5. The molecule has 0 bridgehead atoms. The van der Waals surface area contributed by atoms with Crippen molar-refractivity contribution in [1.29, 1.82) is 0 Å². The van der Waals surface area contributed by atoms with Gasteiger partial charge in [-0.15, -0.1) is 0 Å². The number of benzene rings is 2. The lowest BCUT2D eigenvalue weighted by Gasteiger charge is -2.23. The molecule has 1 aliphatic carbocycles. The highest BCUT2D eigenvalue weighted by molar-refractivity contribution is 5.85. The summed E-state index contributed by atoms with van der Waals surface area (Å²) in [5.74, 6) is -1.52. The van der Waals surface area contributed by atoms with Gasteiger partial charge in [-0.3, -0.25) is 14.6 Å². The first-order chi connectivity index (χ1) is 17.0. The molecule has 0 fully saturated rings. The predicted octanol–water partition coefficient (Wildman–Crippen LogP) is 4.01. The number of aromatic nitrogens is 2. The molecular weight excluding hydrogens is 442 g/mol. The Morgan fingerprint density at radius 2 is 1.60 bits per heavy atom. The van der Waals surface area contributed by atoms with Crippen molar-refractivity contribution in [2.75, 3.05) is 0 Å². The molecule has 5 rings (SSSR count). The smallest absolute Gasteiger partial charge is 0.306 e. The largest absolute Gasteiger partial charge is 0.481 e. The predicted molar refractivity (Wildman–Crippen MR) is 131 cm³/mol. The van der Waals surface area contributed by atoms with E-state index in [0.29, 0.717) is 6.42 Å². The van der Waals surface area contributed by atoms with Gasteiger partial charge in [0, 0.05) is 31.2 Å². The molecule has 35 heavy (non-hydrogen) atoms. The van der Waals surface area contributed by atoms with E-state index < -0.39 is 30.1 Å². The van der Waals surface area contributed by atoms with Crippen LogP contribution in [0, 0.1) is 0 Å². The number of hydrogen-bond acceptors (Lipinski definition) is 4. The molecule has 3 unspecified atom stereocenters. The van der Waals surface area contributed by atoms with Crippen molar-refractivity contribution in [3.05, 3.63) is 103 Å². The van der Waals surface area contributed by atoms with Gasteiger partial charge in [0.2, 0.25) is 5.91 Å². The Morgan fingerprint density at radius 1 is 0.943 bits per heavy atom. The number of carboxylic acid groups (broad SMARTS) is 1. The summed E-state index contributed by atoms with van der Waals surface area (Å²) in [6, 6.07) is 19.8. The molecule has 7 heteroatoms. The van der Waals surface area contributed by atoms with Crippen molar-refractivity contribution in [3.8, 4) is 22.3 Å². The topological polar surface area (TPSA) is 104 Å². The lowest BCUT2D eigenvalue weighted by Crippen LogP contribution is -2.39. The number of amides is 1. The number of carbonyl (C=O) groups excluding carboxylic acids is 1. The zero-order valence-electron chi connectivity index (χ0n) is 18.9. The molecule has 4 aromatic rings. The Hall–Kier alpha value is -4.23. The summed E-state index contributed by atoms with van der Waals surface area (Å²) < 4.78 is 1.63. The Bertz CT molecular complexity index is 1350. The van der Waals surface area contributed by atoms with Crippen LogP contribution < -0.4 is 5.32 Å². The standard InChI is InChI=1S/C28H25N3O4/c32-25-15-21-3-1-2-4-23(21)27(25)30-28(35)24(16-26(33)34)31-14-11-22(17-31)19-7-5-18(6-8-19)20-9-12-29-13-10-20/h1-14,17,24-25,27,32H,15-16H2,(H,30,35)(H,33,34). The van der Waals surface area contributed by atoms with E-state index in [9.17, 15) is 19.8 Å². The van der Waals surface area contributed by atoms with Crippen LogP contribution in [0.3, 0.4) is 0 Å². The maximum Gasteiger partial charge on any atom is 0.306 e. The average Bonchev–Trinajstić information content (AvgIpc) is 3.48. The maximum atomic E-state index is 13.2. The van der Waals surface area contributed by atoms with E-state index in [4.69, 9.17) is 0 Å². The molecule has 2 aromatic carbocycles. The first kappa shape index (κ1) is 22.6. The number of carboxylic acids is 1. The van der Waals surface area contributed by atoms with E-state index in [0.717, 1.165) is 33.4 Å². The molecule has 3 atom stereocenters. The van der Waals surface area contributed by atoms with E-state index in [1.165, 1.54) is 0 Å². The monoisotopic (exact) mass is 467 g/mol. The number of aliphatic carboxylic acids is 1. The van der Waals surface area contributed by atoms with Crippen LogP contribution in [-0.4, -0.2) is 37.7 Å².